The molecule has 8 heterocycles. The summed E-state index contributed by atoms with van der Waals surface area (Å²) in [6, 6.07) is 12.2. The summed E-state index contributed by atoms with van der Waals surface area (Å²) >= 11 is 0. The lowest BCUT2D eigenvalue weighted by molar-refractivity contribution is -0.0593. The van der Waals surface area contributed by atoms with Crippen LogP contribution >= 0.6 is 0 Å². The highest BCUT2D eigenvalue weighted by Gasteiger charge is 2.53. The van der Waals surface area contributed by atoms with Gasteiger partial charge >= 0.3 is 11.4 Å². The van der Waals surface area contributed by atoms with Gasteiger partial charge in [0.2, 0.25) is 0 Å². The molecule has 3 saturated carbocycles. The summed E-state index contributed by atoms with van der Waals surface area (Å²) in [5.74, 6) is -0.608. The molecular formula is C51H50F2N10O5. The number of aromatic amines is 1. The number of benzene rings is 2. The third-order valence-corrected chi connectivity index (χ3v) is 15.6. The molecule has 348 valence electrons. The Balaban J connectivity index is 0.934. The fourth-order valence-electron chi connectivity index (χ4n) is 11.6. The maximum absolute atomic E-state index is 16.5. The molecule has 6 aromatic heterocycles. The Morgan fingerprint density at radius 3 is 2.47 bits per heavy atom. The minimum absolute atomic E-state index is 0.0800. The van der Waals surface area contributed by atoms with Crippen LogP contribution in [0.1, 0.15) is 147 Å². The van der Waals surface area contributed by atoms with Gasteiger partial charge in [0, 0.05) is 55.5 Å². The van der Waals surface area contributed by atoms with Gasteiger partial charge in [0.1, 0.15) is 11.6 Å². The average Bonchev–Trinajstić information content (AvgIpc) is 4.03. The van der Waals surface area contributed by atoms with Gasteiger partial charge in [0.25, 0.3) is 5.91 Å². The van der Waals surface area contributed by atoms with Gasteiger partial charge in [0.15, 0.2) is 11.6 Å². The Kier molecular flexibility index (Phi) is 9.00. The van der Waals surface area contributed by atoms with Gasteiger partial charge in [-0.2, -0.15) is 10.2 Å². The Labute approximate surface area is 387 Å². The smallest absolute Gasteiger partial charge is 0.376 e. The second-order valence-corrected chi connectivity index (χ2v) is 20.3. The van der Waals surface area contributed by atoms with Crippen molar-refractivity contribution < 1.29 is 22.8 Å². The average molecular weight is 921 g/mol. The van der Waals surface area contributed by atoms with Crippen molar-refractivity contribution in [3.8, 4) is 17.2 Å². The van der Waals surface area contributed by atoms with Crippen LogP contribution in [0.15, 0.2) is 87.6 Å². The number of ether oxygens (including phenoxy) is 1. The van der Waals surface area contributed by atoms with Crippen molar-refractivity contribution in [1.29, 1.82) is 0 Å². The van der Waals surface area contributed by atoms with Crippen molar-refractivity contribution in [3.05, 3.63) is 145 Å². The van der Waals surface area contributed by atoms with Gasteiger partial charge in [-0.25, -0.2) is 23.1 Å². The number of nitrogens with zero attached hydrogens (tertiary/aromatic N) is 9. The zero-order chi connectivity index (χ0) is 46.4. The Bertz CT molecular complexity index is 3500. The minimum Gasteiger partial charge on any atom is -0.376 e. The first-order valence-corrected chi connectivity index (χ1v) is 23.9. The molecule has 2 unspecified atom stereocenters. The normalized spacial score (nSPS) is 21.1. The van der Waals surface area contributed by atoms with E-state index in [0.717, 1.165) is 61.6 Å². The summed E-state index contributed by atoms with van der Waals surface area (Å²) in [6.45, 7) is 7.13. The van der Waals surface area contributed by atoms with Gasteiger partial charge < -0.3 is 14.0 Å². The third-order valence-electron chi connectivity index (χ3n) is 15.6. The first-order valence-electron chi connectivity index (χ1n) is 23.9. The first kappa shape index (κ1) is 41.3. The molecule has 13 rings (SSSR count). The van der Waals surface area contributed by atoms with Gasteiger partial charge in [-0.1, -0.05) is 11.2 Å². The number of carbonyl (C=O) groups is 1. The van der Waals surface area contributed by atoms with Crippen LogP contribution in [0.4, 0.5) is 8.78 Å². The number of rotatable bonds is 9. The number of hydrogen-bond acceptors (Lipinski definition) is 8. The lowest BCUT2D eigenvalue weighted by Gasteiger charge is -2.35. The summed E-state index contributed by atoms with van der Waals surface area (Å²) in [5.41, 5.74) is 4.93. The van der Waals surface area contributed by atoms with E-state index in [1.165, 1.54) is 21.4 Å². The van der Waals surface area contributed by atoms with Crippen LogP contribution in [0, 0.1) is 11.6 Å². The fraction of sp³-hybridized carbons (Fsp3) is 0.412. The molecule has 15 nitrogen and oxygen atoms in total. The van der Waals surface area contributed by atoms with E-state index in [1.807, 2.05) is 33.2 Å². The van der Waals surface area contributed by atoms with E-state index in [1.54, 1.807) is 35.3 Å². The monoisotopic (exact) mass is 920 g/mol. The quantitative estimate of drug-likeness (QED) is 0.151. The van der Waals surface area contributed by atoms with E-state index < -0.39 is 28.7 Å². The molecule has 17 heteroatoms. The van der Waals surface area contributed by atoms with Crippen LogP contribution in [0.2, 0.25) is 0 Å². The van der Waals surface area contributed by atoms with Crippen molar-refractivity contribution >= 4 is 22.3 Å². The number of aromatic nitrogens is 9. The topological polar surface area (TPSA) is 155 Å². The highest BCUT2D eigenvalue weighted by atomic mass is 19.1. The third kappa shape index (κ3) is 6.29. The first-order chi connectivity index (χ1) is 32.9. The summed E-state index contributed by atoms with van der Waals surface area (Å²) < 4.78 is 51.3. The molecule has 8 aromatic rings. The standard InChI is InChI=1S/C51H50F2N10O5/c1-28-42-38(15-19-59(28)46(64)36-27-58-26-31(30-16-22-67-50(2,3)24-30)9-12-40(58)43(36)51(17-18-51)47-55-48(65)68-57-47)56-63(33-10-11-37(52)34(23-33)29-7-8-29)45(42)61-21-20-60(49(61)66)41-14-13-39-35(44(41)53)25-54-62(39)32-5-4-6-32/h9-14,20-21,23,25-30,32H,4-8,15-19,22,24H2,1-3H3,(H,55,57,65). The molecule has 1 saturated heterocycles. The molecule has 5 aliphatic rings. The molecule has 4 fully saturated rings. The number of hydrogen-bond donors (Lipinski definition) is 1. The molecule has 2 aromatic carbocycles. The van der Waals surface area contributed by atoms with Crippen molar-refractivity contribution in [2.24, 2.45) is 0 Å². The number of imidazole rings is 1. The van der Waals surface area contributed by atoms with E-state index in [4.69, 9.17) is 14.4 Å². The Morgan fingerprint density at radius 1 is 0.926 bits per heavy atom. The molecule has 0 radical (unpaired) electrons. The molecule has 2 aliphatic heterocycles. The summed E-state index contributed by atoms with van der Waals surface area (Å²) in [7, 11) is 0. The largest absolute Gasteiger partial charge is 0.438 e. The molecule has 68 heavy (non-hydrogen) atoms. The van der Waals surface area contributed by atoms with Crippen LogP contribution < -0.4 is 11.4 Å². The highest BCUT2D eigenvalue weighted by Crippen LogP contribution is 2.55. The molecule has 2 atom stereocenters. The Morgan fingerprint density at radius 2 is 1.74 bits per heavy atom. The van der Waals surface area contributed by atoms with Crippen molar-refractivity contribution in [2.75, 3.05) is 13.2 Å². The predicted octanol–water partition coefficient (Wildman–Crippen LogP) is 8.49. The van der Waals surface area contributed by atoms with E-state index in [0.29, 0.717) is 83.0 Å². The van der Waals surface area contributed by atoms with Gasteiger partial charge in [-0.3, -0.25) is 28.1 Å². The highest BCUT2D eigenvalue weighted by molar-refractivity contribution is 5.99. The lowest BCUT2D eigenvalue weighted by atomic mass is 9.84. The molecule has 0 bridgehead atoms. The molecule has 1 N–H and O–H groups in total. The lowest BCUT2D eigenvalue weighted by Crippen LogP contribution is -2.40. The molecule has 0 spiro atoms. The summed E-state index contributed by atoms with van der Waals surface area (Å²) in [4.78, 5) is 47.4. The molecule has 1 amide bonds. The Hall–Kier alpha value is -6.88. The predicted molar refractivity (Wildman–Crippen MR) is 246 cm³/mol. The number of fused-ring (bicyclic) bond motifs is 3. The minimum atomic E-state index is -0.749. The number of carbonyl (C=O) groups excluding carboxylic acids is 1. The zero-order valence-corrected chi connectivity index (χ0v) is 38.0. The van der Waals surface area contributed by atoms with E-state index >= 15 is 13.6 Å². The van der Waals surface area contributed by atoms with Crippen molar-refractivity contribution in [2.45, 2.75) is 120 Å². The van der Waals surface area contributed by atoms with Gasteiger partial charge in [0.05, 0.1) is 68.3 Å². The maximum Gasteiger partial charge on any atom is 0.438 e. The van der Waals surface area contributed by atoms with E-state index in [2.05, 4.69) is 47.4 Å². The molecular weight excluding hydrogens is 871 g/mol. The van der Waals surface area contributed by atoms with E-state index in [-0.39, 0.29) is 40.9 Å². The number of halogens is 2. The van der Waals surface area contributed by atoms with E-state index in [9.17, 15) is 9.59 Å². The number of H-pyrrole nitrogens is 1. The van der Waals surface area contributed by atoms with Gasteiger partial charge in [-0.05, 0) is 138 Å². The SMILES string of the molecule is CC1c2c(nn(-c3ccc(F)c(C4CC4)c3)c2-n2ccn(-c3ccc4c(cnn4C4CCC4)c3F)c2=O)CCN1C(=O)c1cn2cc(C3CCOC(C)(C)C3)ccc2c1C1(c2noc(=O)[nH]2)CC1. The number of nitrogens with one attached hydrogen (secondary N) is 1. The van der Waals surface area contributed by atoms with Crippen LogP contribution in [0.25, 0.3) is 33.6 Å². The number of amides is 1. The second kappa shape index (κ2) is 14.8. The number of pyridine rings is 1. The van der Waals surface area contributed by atoms with Crippen LogP contribution in [-0.2, 0) is 16.6 Å². The fourth-order valence-corrected chi connectivity index (χ4v) is 11.6. The zero-order valence-electron chi connectivity index (χ0n) is 38.0. The maximum atomic E-state index is 16.5. The second-order valence-electron chi connectivity index (χ2n) is 20.3. The van der Waals surface area contributed by atoms with Crippen molar-refractivity contribution in [3.63, 3.8) is 0 Å². The van der Waals surface area contributed by atoms with Crippen molar-refractivity contribution in [1.82, 2.24) is 48.1 Å². The van der Waals surface area contributed by atoms with Crippen LogP contribution in [0.3, 0.4) is 0 Å². The van der Waals surface area contributed by atoms with Gasteiger partial charge in [-0.15, -0.1) is 0 Å². The molecule has 3 aliphatic carbocycles. The summed E-state index contributed by atoms with van der Waals surface area (Å²) in [5, 5.41) is 14.1. The summed E-state index contributed by atoms with van der Waals surface area (Å²) in [6.07, 6.45) is 16.9. The van der Waals surface area contributed by atoms with Crippen LogP contribution in [0.5, 0.6) is 0 Å². The van der Waals surface area contributed by atoms with Crippen LogP contribution in [-0.4, -0.2) is 72.8 Å².